The normalized spacial score (nSPS) is 17.7. The third kappa shape index (κ3) is 4.11. The van der Waals surface area contributed by atoms with Crippen molar-refractivity contribution in [3.63, 3.8) is 0 Å². The van der Waals surface area contributed by atoms with E-state index in [1.807, 2.05) is 41.4 Å². The summed E-state index contributed by atoms with van der Waals surface area (Å²) >= 11 is 0. The van der Waals surface area contributed by atoms with E-state index in [0.717, 1.165) is 24.2 Å². The van der Waals surface area contributed by atoms with Crippen molar-refractivity contribution in [2.24, 2.45) is 0 Å². The van der Waals surface area contributed by atoms with Gasteiger partial charge in [0.2, 0.25) is 0 Å². The quantitative estimate of drug-likeness (QED) is 0.910. The molecule has 1 aromatic heterocycles. The number of amides is 2. The molecule has 128 valence electrons. The number of ether oxygens (including phenoxy) is 1. The monoisotopic (exact) mass is 329 g/mol. The fourth-order valence-electron chi connectivity index (χ4n) is 2.76. The van der Waals surface area contributed by atoms with E-state index < -0.39 is 0 Å². The molecule has 2 heterocycles. The first-order valence-electron chi connectivity index (χ1n) is 8.37. The van der Waals surface area contributed by atoms with E-state index in [1.165, 1.54) is 0 Å². The summed E-state index contributed by atoms with van der Waals surface area (Å²) in [5.41, 5.74) is 1.67. The molecule has 3 rings (SSSR count). The van der Waals surface area contributed by atoms with Crippen molar-refractivity contribution in [2.45, 2.75) is 32.4 Å². The highest BCUT2D eigenvalue weighted by molar-refractivity contribution is 5.74. The molecule has 7 nitrogen and oxygen atoms in total. The van der Waals surface area contributed by atoms with Gasteiger partial charge in [0, 0.05) is 13.1 Å². The van der Waals surface area contributed by atoms with E-state index in [2.05, 4.69) is 22.6 Å². The summed E-state index contributed by atoms with van der Waals surface area (Å²) in [6, 6.07) is 9.69. The molecule has 1 aromatic carbocycles. The summed E-state index contributed by atoms with van der Waals surface area (Å²) in [5, 5.41) is 11.1. The highest BCUT2D eigenvalue weighted by Gasteiger charge is 2.23. The van der Waals surface area contributed by atoms with Crippen LogP contribution in [0.2, 0.25) is 0 Å². The maximum absolute atomic E-state index is 12.3. The number of urea groups is 1. The Morgan fingerprint density at radius 3 is 3.00 bits per heavy atom. The summed E-state index contributed by atoms with van der Waals surface area (Å²) < 4.78 is 7.37. The van der Waals surface area contributed by atoms with Crippen LogP contribution in [0.15, 0.2) is 36.5 Å². The number of hydrogen-bond acceptors (Lipinski definition) is 4. The van der Waals surface area contributed by atoms with Gasteiger partial charge in [-0.2, -0.15) is 0 Å². The van der Waals surface area contributed by atoms with Crippen molar-refractivity contribution < 1.29 is 9.53 Å². The second kappa shape index (κ2) is 7.92. The molecule has 1 fully saturated rings. The minimum absolute atomic E-state index is 0.0753. The molecule has 24 heavy (non-hydrogen) atoms. The lowest BCUT2D eigenvalue weighted by molar-refractivity contribution is -0.0181. The summed E-state index contributed by atoms with van der Waals surface area (Å²) in [6.07, 6.45) is 4.01. The minimum Gasteiger partial charge on any atom is -0.375 e. The lowest BCUT2D eigenvalue weighted by atomic mass is 10.2. The molecule has 1 atom stereocenters. The smallest absolute Gasteiger partial charge is 0.317 e. The largest absolute Gasteiger partial charge is 0.375 e. The molecule has 1 aliphatic rings. The molecular formula is C17H23N5O2. The third-order valence-corrected chi connectivity index (χ3v) is 4.02. The highest BCUT2D eigenvalue weighted by Crippen LogP contribution is 2.11. The lowest BCUT2D eigenvalue weighted by Gasteiger charge is -2.32. The number of aromatic nitrogens is 3. The van der Waals surface area contributed by atoms with Gasteiger partial charge in [0.25, 0.3) is 0 Å². The van der Waals surface area contributed by atoms with E-state index >= 15 is 0 Å². The predicted molar refractivity (Wildman–Crippen MR) is 89.8 cm³/mol. The van der Waals surface area contributed by atoms with Gasteiger partial charge < -0.3 is 15.0 Å². The Kier molecular flexibility index (Phi) is 5.43. The Hall–Kier alpha value is -2.41. The molecule has 1 N–H and O–H groups in total. The Balaban J connectivity index is 1.52. The molecule has 0 spiro atoms. The zero-order valence-corrected chi connectivity index (χ0v) is 13.9. The average Bonchev–Trinajstić information content (AvgIpc) is 3.10. The van der Waals surface area contributed by atoms with Crippen LogP contribution < -0.4 is 5.32 Å². The summed E-state index contributed by atoms with van der Waals surface area (Å²) in [4.78, 5) is 14.1. The standard InChI is InChI=1S/C17H23N5O2/c1-2-6-16-13-21(9-10-24-16)17(23)18-11-14-12-22(20-19-14)15-7-4-3-5-8-15/h3-5,7-8,12,16H,2,6,9-11,13H2,1H3,(H,18,23)/t16-/m0/s1. The molecule has 1 saturated heterocycles. The summed E-state index contributed by atoms with van der Waals surface area (Å²) in [6.45, 7) is 4.36. The lowest BCUT2D eigenvalue weighted by Crippen LogP contribution is -2.49. The summed E-state index contributed by atoms with van der Waals surface area (Å²) in [7, 11) is 0. The molecule has 0 bridgehead atoms. The topological polar surface area (TPSA) is 72.3 Å². The number of nitrogens with one attached hydrogen (secondary N) is 1. The van der Waals surface area contributed by atoms with Crippen LogP contribution in [0.3, 0.4) is 0 Å². The van der Waals surface area contributed by atoms with Gasteiger partial charge in [-0.1, -0.05) is 36.8 Å². The van der Waals surface area contributed by atoms with E-state index in [0.29, 0.717) is 26.2 Å². The molecule has 2 amide bonds. The third-order valence-electron chi connectivity index (χ3n) is 4.02. The number of carbonyl (C=O) groups is 1. The van der Waals surface area contributed by atoms with Gasteiger partial charge in [-0.05, 0) is 18.6 Å². The summed E-state index contributed by atoms with van der Waals surface area (Å²) in [5.74, 6) is 0. The maximum Gasteiger partial charge on any atom is 0.317 e. The van der Waals surface area contributed by atoms with Crippen LogP contribution in [0.5, 0.6) is 0 Å². The number of carbonyl (C=O) groups excluding carboxylic acids is 1. The molecule has 0 radical (unpaired) electrons. The molecule has 7 heteroatoms. The van der Waals surface area contributed by atoms with E-state index in [1.54, 1.807) is 4.68 Å². The van der Waals surface area contributed by atoms with Gasteiger partial charge >= 0.3 is 6.03 Å². The number of hydrogen-bond donors (Lipinski definition) is 1. The number of benzene rings is 1. The van der Waals surface area contributed by atoms with Crippen LogP contribution in [-0.4, -0.2) is 51.7 Å². The van der Waals surface area contributed by atoms with Gasteiger partial charge in [-0.15, -0.1) is 5.10 Å². The highest BCUT2D eigenvalue weighted by atomic mass is 16.5. The SMILES string of the molecule is CCC[C@H]1CN(C(=O)NCc2cn(-c3ccccc3)nn2)CCO1. The number of nitrogens with zero attached hydrogens (tertiary/aromatic N) is 4. The van der Waals surface area contributed by atoms with Crippen molar-refractivity contribution in [3.8, 4) is 5.69 Å². The second-order valence-electron chi connectivity index (χ2n) is 5.88. The van der Waals surface area contributed by atoms with Gasteiger partial charge in [-0.25, -0.2) is 9.48 Å². The van der Waals surface area contributed by atoms with Crippen molar-refractivity contribution in [3.05, 3.63) is 42.2 Å². The molecular weight excluding hydrogens is 306 g/mol. The van der Waals surface area contributed by atoms with Crippen LogP contribution in [0.1, 0.15) is 25.5 Å². The fourth-order valence-corrected chi connectivity index (χ4v) is 2.76. The van der Waals surface area contributed by atoms with Crippen LogP contribution in [0.4, 0.5) is 4.79 Å². The van der Waals surface area contributed by atoms with Crippen LogP contribution in [0, 0.1) is 0 Å². The number of rotatable bonds is 5. The Morgan fingerprint density at radius 1 is 1.38 bits per heavy atom. The number of para-hydroxylation sites is 1. The van der Waals surface area contributed by atoms with E-state index in [9.17, 15) is 4.79 Å². The van der Waals surface area contributed by atoms with Crippen molar-refractivity contribution in [2.75, 3.05) is 19.7 Å². The zero-order valence-electron chi connectivity index (χ0n) is 13.9. The van der Waals surface area contributed by atoms with Gasteiger partial charge in [-0.3, -0.25) is 0 Å². The second-order valence-corrected chi connectivity index (χ2v) is 5.88. The maximum atomic E-state index is 12.3. The Morgan fingerprint density at radius 2 is 2.21 bits per heavy atom. The van der Waals surface area contributed by atoms with Gasteiger partial charge in [0.15, 0.2) is 0 Å². The van der Waals surface area contributed by atoms with Crippen LogP contribution in [0.25, 0.3) is 5.69 Å². The van der Waals surface area contributed by atoms with Gasteiger partial charge in [0.1, 0.15) is 5.69 Å². The first-order chi connectivity index (χ1) is 11.8. The van der Waals surface area contributed by atoms with Crippen LogP contribution in [-0.2, 0) is 11.3 Å². The molecule has 0 unspecified atom stereocenters. The Labute approximate surface area is 141 Å². The minimum atomic E-state index is -0.0753. The first-order valence-corrected chi connectivity index (χ1v) is 8.37. The number of morpholine rings is 1. The van der Waals surface area contributed by atoms with Crippen LogP contribution >= 0.6 is 0 Å². The Bertz CT molecular complexity index is 656. The predicted octanol–water partition coefficient (Wildman–Crippen LogP) is 1.98. The molecule has 0 saturated carbocycles. The van der Waals surface area contributed by atoms with Gasteiger partial charge in [0.05, 0.1) is 31.1 Å². The molecule has 1 aliphatic heterocycles. The van der Waals surface area contributed by atoms with E-state index in [-0.39, 0.29) is 12.1 Å². The fraction of sp³-hybridized carbons (Fsp3) is 0.471. The van der Waals surface area contributed by atoms with E-state index in [4.69, 9.17) is 4.74 Å². The first kappa shape index (κ1) is 16.4. The van der Waals surface area contributed by atoms with Crippen molar-refractivity contribution in [1.82, 2.24) is 25.2 Å². The molecule has 0 aliphatic carbocycles. The average molecular weight is 329 g/mol. The molecule has 2 aromatic rings. The zero-order chi connectivity index (χ0) is 16.8. The van der Waals surface area contributed by atoms with Crippen molar-refractivity contribution in [1.29, 1.82) is 0 Å². The van der Waals surface area contributed by atoms with Crippen molar-refractivity contribution >= 4 is 6.03 Å².